The molecule has 1 aromatic heterocycles. The summed E-state index contributed by atoms with van der Waals surface area (Å²) in [7, 11) is -0.378. The van der Waals surface area contributed by atoms with E-state index in [1.807, 2.05) is 12.5 Å². The van der Waals surface area contributed by atoms with Gasteiger partial charge < -0.3 is 4.57 Å². The lowest BCUT2D eigenvalue weighted by Crippen LogP contribution is -2.51. The van der Waals surface area contributed by atoms with E-state index < -0.39 is 0 Å². The third-order valence-electron chi connectivity index (χ3n) is 8.13. The van der Waals surface area contributed by atoms with Crippen LogP contribution in [-0.2, 0) is 5.16 Å². The highest BCUT2D eigenvalue weighted by atomic mass is 28.2. The lowest BCUT2D eigenvalue weighted by Gasteiger charge is -2.37. The van der Waals surface area contributed by atoms with Gasteiger partial charge in [0.15, 0.2) is 0 Å². The number of rotatable bonds is 8. The molecule has 0 bridgehead atoms. The molecule has 1 heterocycles. The molecule has 0 radical (unpaired) electrons. The standard InChI is InChI=1S/C19H20N2Si.C18H15B/c1-3-7-16(8-4-1)19(22-18-11-12-18,21-14-13-20-15-21)17-9-5-2-6-10-17;1-4-10-16(11-5-1)19(17-12-6-2-7-13-17)18-14-8-3-9-15-18/h1-10,13-15,18H,11-12,22H2;1-15H. The van der Waals surface area contributed by atoms with Crippen LogP contribution in [0.2, 0.25) is 5.54 Å². The molecule has 0 N–H and O–H groups in total. The van der Waals surface area contributed by atoms with E-state index in [1.165, 1.54) is 40.4 Å². The molecule has 2 nitrogen and oxygen atoms in total. The van der Waals surface area contributed by atoms with Crippen LogP contribution in [0, 0.1) is 0 Å². The molecule has 0 unspecified atom stereocenters. The van der Waals surface area contributed by atoms with E-state index in [0.29, 0.717) is 6.71 Å². The van der Waals surface area contributed by atoms with Crippen molar-refractivity contribution in [2.75, 3.05) is 0 Å². The van der Waals surface area contributed by atoms with Gasteiger partial charge in [0.2, 0.25) is 6.71 Å². The molecule has 1 fully saturated rings. The summed E-state index contributed by atoms with van der Waals surface area (Å²) in [5, 5.41) is -0.0137. The van der Waals surface area contributed by atoms with Gasteiger partial charge in [-0.15, -0.1) is 0 Å². The first-order valence-corrected chi connectivity index (χ1v) is 16.1. The van der Waals surface area contributed by atoms with Crippen molar-refractivity contribution in [3.63, 3.8) is 0 Å². The maximum atomic E-state index is 4.35. The van der Waals surface area contributed by atoms with Crippen molar-refractivity contribution >= 4 is 32.6 Å². The molecule has 0 atom stereocenters. The molecule has 200 valence electrons. The van der Waals surface area contributed by atoms with Gasteiger partial charge in [0.05, 0.1) is 21.0 Å². The Morgan fingerprint density at radius 2 is 0.951 bits per heavy atom. The summed E-state index contributed by atoms with van der Waals surface area (Å²) >= 11 is 0. The normalized spacial score (nSPS) is 13.0. The molecule has 0 saturated heterocycles. The molecule has 0 aliphatic heterocycles. The molecule has 5 aromatic carbocycles. The minimum absolute atomic E-state index is 0.0137. The second-order valence-electron chi connectivity index (χ2n) is 10.9. The summed E-state index contributed by atoms with van der Waals surface area (Å²) in [4.78, 5) is 4.35. The molecular formula is C37H35BN2Si. The Labute approximate surface area is 246 Å². The average Bonchev–Trinajstić information content (AvgIpc) is 3.71. The fourth-order valence-electron chi connectivity index (χ4n) is 5.97. The zero-order chi connectivity index (χ0) is 27.7. The monoisotopic (exact) mass is 546 g/mol. The van der Waals surface area contributed by atoms with Crippen molar-refractivity contribution in [2.24, 2.45) is 0 Å². The van der Waals surface area contributed by atoms with E-state index in [0.717, 1.165) is 5.54 Å². The van der Waals surface area contributed by atoms with Crippen LogP contribution in [-0.4, -0.2) is 25.8 Å². The molecule has 6 aromatic rings. The highest BCUT2D eigenvalue weighted by molar-refractivity contribution is 6.95. The summed E-state index contributed by atoms with van der Waals surface area (Å²) in [5.41, 5.74) is 7.75. The van der Waals surface area contributed by atoms with Crippen molar-refractivity contribution in [1.82, 2.24) is 9.55 Å². The van der Waals surface area contributed by atoms with Crippen LogP contribution in [0.25, 0.3) is 0 Å². The molecule has 1 aliphatic carbocycles. The van der Waals surface area contributed by atoms with Gasteiger partial charge in [-0.1, -0.05) is 181 Å². The zero-order valence-electron chi connectivity index (χ0n) is 23.3. The van der Waals surface area contributed by atoms with E-state index in [1.54, 1.807) is 0 Å². The molecule has 41 heavy (non-hydrogen) atoms. The quantitative estimate of drug-likeness (QED) is 0.228. The van der Waals surface area contributed by atoms with Gasteiger partial charge in [-0.25, -0.2) is 4.98 Å². The van der Waals surface area contributed by atoms with Gasteiger partial charge >= 0.3 is 0 Å². The second-order valence-corrected chi connectivity index (χ2v) is 13.5. The number of imidazole rings is 1. The van der Waals surface area contributed by atoms with Gasteiger partial charge in [0, 0.05) is 12.4 Å². The summed E-state index contributed by atoms with van der Waals surface area (Å²) in [6, 6.07) is 54.0. The van der Waals surface area contributed by atoms with E-state index in [9.17, 15) is 0 Å². The van der Waals surface area contributed by atoms with Crippen molar-refractivity contribution in [3.05, 3.63) is 182 Å². The minimum atomic E-state index is -0.378. The van der Waals surface area contributed by atoms with Crippen LogP contribution in [0.1, 0.15) is 24.0 Å². The first-order chi connectivity index (χ1) is 20.3. The topological polar surface area (TPSA) is 17.8 Å². The largest absolute Gasteiger partial charge is 0.327 e. The molecular weight excluding hydrogens is 511 g/mol. The minimum Gasteiger partial charge on any atom is -0.327 e. The summed E-state index contributed by atoms with van der Waals surface area (Å²) in [5.74, 6) is 0. The third kappa shape index (κ3) is 6.18. The van der Waals surface area contributed by atoms with E-state index in [2.05, 4.69) is 167 Å². The summed E-state index contributed by atoms with van der Waals surface area (Å²) < 4.78 is 2.35. The van der Waals surface area contributed by atoms with Crippen LogP contribution in [0.15, 0.2) is 170 Å². The van der Waals surface area contributed by atoms with Crippen molar-refractivity contribution in [3.8, 4) is 0 Å². The fraction of sp³-hybridized carbons (Fsp3) is 0.108. The highest BCUT2D eigenvalue weighted by Gasteiger charge is 2.41. The molecule has 4 heteroatoms. The number of nitrogens with zero attached hydrogens (tertiary/aromatic N) is 2. The van der Waals surface area contributed by atoms with Crippen LogP contribution in [0.4, 0.5) is 0 Å². The maximum absolute atomic E-state index is 4.35. The first-order valence-electron chi connectivity index (χ1n) is 14.6. The van der Waals surface area contributed by atoms with Gasteiger partial charge in [0.25, 0.3) is 0 Å². The van der Waals surface area contributed by atoms with E-state index >= 15 is 0 Å². The van der Waals surface area contributed by atoms with Gasteiger partial charge in [-0.05, 0) is 16.7 Å². The molecule has 1 saturated carbocycles. The Morgan fingerprint density at radius 3 is 1.29 bits per heavy atom. The van der Waals surface area contributed by atoms with Gasteiger partial charge in [-0.3, -0.25) is 0 Å². The highest BCUT2D eigenvalue weighted by Crippen LogP contribution is 2.44. The summed E-state index contributed by atoms with van der Waals surface area (Å²) in [6.07, 6.45) is 8.84. The number of benzene rings is 5. The molecule has 0 amide bonds. The average molecular weight is 547 g/mol. The Bertz CT molecular complexity index is 1460. The third-order valence-corrected chi connectivity index (χ3v) is 11.3. The Kier molecular flexibility index (Phi) is 8.39. The predicted octanol–water partition coefficient (Wildman–Crippen LogP) is 5.59. The zero-order valence-corrected chi connectivity index (χ0v) is 24.8. The van der Waals surface area contributed by atoms with Crippen LogP contribution >= 0.6 is 0 Å². The van der Waals surface area contributed by atoms with Crippen LogP contribution < -0.4 is 16.4 Å². The van der Waals surface area contributed by atoms with Crippen molar-refractivity contribution in [1.29, 1.82) is 0 Å². The molecule has 1 aliphatic rings. The first kappa shape index (κ1) is 26.8. The van der Waals surface area contributed by atoms with Gasteiger partial charge in [0.1, 0.15) is 0 Å². The van der Waals surface area contributed by atoms with E-state index in [4.69, 9.17) is 0 Å². The van der Waals surface area contributed by atoms with Crippen LogP contribution in [0.5, 0.6) is 0 Å². The second kappa shape index (κ2) is 12.8. The molecule has 0 spiro atoms. The maximum Gasteiger partial charge on any atom is 0.241 e. The van der Waals surface area contributed by atoms with Crippen molar-refractivity contribution < 1.29 is 0 Å². The van der Waals surface area contributed by atoms with Crippen molar-refractivity contribution in [2.45, 2.75) is 23.5 Å². The Hall–Kier alpha value is -4.41. The van der Waals surface area contributed by atoms with Gasteiger partial charge in [-0.2, -0.15) is 0 Å². The predicted molar refractivity (Wildman–Crippen MR) is 177 cm³/mol. The number of hydrogen-bond acceptors (Lipinski definition) is 1. The summed E-state index contributed by atoms with van der Waals surface area (Å²) in [6.45, 7) is 0.309. The Morgan fingerprint density at radius 1 is 0.561 bits per heavy atom. The van der Waals surface area contributed by atoms with E-state index in [-0.39, 0.29) is 14.7 Å². The SMILES string of the molecule is c1ccc(B(c2ccccc2)c2ccccc2)cc1.c1ccc(C([SiH2]C2CC2)(c2ccccc2)n2ccnc2)cc1. The number of hydrogen-bond donors (Lipinski definition) is 0. The smallest absolute Gasteiger partial charge is 0.241 e. The molecule has 7 rings (SSSR count). The number of aromatic nitrogens is 2. The Balaban J connectivity index is 0.000000149. The lowest BCUT2D eigenvalue weighted by molar-refractivity contribution is 0.590. The van der Waals surface area contributed by atoms with Crippen LogP contribution in [0.3, 0.4) is 0 Å². The fourth-order valence-corrected chi connectivity index (χ4v) is 8.79. The lowest BCUT2D eigenvalue weighted by atomic mass is 9.37.